The Kier molecular flexibility index (Phi) is 10.4. The van der Waals surface area contributed by atoms with Crippen LogP contribution in [0.15, 0.2) is 0 Å². The van der Waals surface area contributed by atoms with Gasteiger partial charge < -0.3 is 36.1 Å². The van der Waals surface area contributed by atoms with Crippen molar-refractivity contribution in [1.29, 1.82) is 0 Å². The van der Waals surface area contributed by atoms with Gasteiger partial charge in [-0.2, -0.15) is 0 Å². The normalized spacial score (nSPS) is 24.5. The minimum absolute atomic E-state index is 0.0689. The Hall–Kier alpha value is -3.38. The zero-order chi connectivity index (χ0) is 32.4. The number of likely N-dealkylation sites (tertiary alicyclic amines) is 1. The van der Waals surface area contributed by atoms with Gasteiger partial charge in [-0.3, -0.25) is 19.2 Å². The van der Waals surface area contributed by atoms with Crippen molar-refractivity contribution >= 4 is 35.7 Å². The maximum atomic E-state index is 14.1. The van der Waals surface area contributed by atoms with E-state index in [9.17, 15) is 28.8 Å². The van der Waals surface area contributed by atoms with Crippen LogP contribution in [-0.4, -0.2) is 85.0 Å². The van der Waals surface area contributed by atoms with Crippen LogP contribution in [0.3, 0.4) is 0 Å². The predicted molar refractivity (Wildman–Crippen MR) is 156 cm³/mol. The third kappa shape index (κ3) is 7.77. The number of amides is 5. The third-order valence-corrected chi connectivity index (χ3v) is 9.49. The summed E-state index contributed by atoms with van der Waals surface area (Å²) < 4.78 is 9.52. The number of primary amides is 1. The molecule has 0 radical (unpaired) electrons. The lowest BCUT2D eigenvalue weighted by molar-refractivity contribution is -0.145. The Morgan fingerprint density at radius 2 is 1.65 bits per heavy atom. The van der Waals surface area contributed by atoms with Crippen molar-refractivity contribution in [3.8, 4) is 0 Å². The number of hydrogen-bond donors (Lipinski definition) is 4. The molecule has 1 saturated heterocycles. The summed E-state index contributed by atoms with van der Waals surface area (Å²) in [5.74, 6) is -2.81. The summed E-state index contributed by atoms with van der Waals surface area (Å²) in [7, 11) is 1.19. The van der Waals surface area contributed by atoms with Crippen LogP contribution in [0.25, 0.3) is 0 Å². The van der Waals surface area contributed by atoms with E-state index in [1.807, 2.05) is 48.5 Å². The predicted octanol–water partition coefficient (Wildman–Crippen LogP) is 1.72. The van der Waals surface area contributed by atoms with Crippen molar-refractivity contribution < 1.29 is 38.2 Å². The van der Waals surface area contributed by atoms with Crippen LogP contribution in [0, 0.1) is 34.5 Å². The number of Topliss-reactive ketones (excluding diaryl/α,β-unsaturated/α-hetero) is 1. The molecule has 3 aliphatic rings. The fourth-order valence-corrected chi connectivity index (χ4v) is 6.31. The molecule has 0 spiro atoms. The van der Waals surface area contributed by atoms with Gasteiger partial charge in [0.1, 0.15) is 18.7 Å². The van der Waals surface area contributed by atoms with Gasteiger partial charge in [0, 0.05) is 6.54 Å². The summed E-state index contributed by atoms with van der Waals surface area (Å²) >= 11 is 0. The second-order valence-electron chi connectivity index (χ2n) is 14.2. The molecule has 43 heavy (non-hydrogen) atoms. The molecule has 3 fully saturated rings. The number of ketones is 1. The number of methoxy groups -OCH3 is 1. The molecule has 2 aliphatic carbocycles. The number of urea groups is 1. The highest BCUT2D eigenvalue weighted by Crippen LogP contribution is 2.65. The highest BCUT2D eigenvalue weighted by molar-refractivity contribution is 6.37. The number of nitrogens with zero attached hydrogens (tertiary/aromatic N) is 1. The molecule has 242 valence electrons. The fourth-order valence-electron chi connectivity index (χ4n) is 6.31. The summed E-state index contributed by atoms with van der Waals surface area (Å²) in [5.41, 5.74) is 4.38. The maximum Gasteiger partial charge on any atom is 0.508 e. The minimum Gasteiger partial charge on any atom is -0.438 e. The molecule has 1 heterocycles. The Labute approximate surface area is 253 Å². The molecule has 5 amide bonds. The first-order valence-corrected chi connectivity index (χ1v) is 15.1. The third-order valence-electron chi connectivity index (χ3n) is 9.49. The van der Waals surface area contributed by atoms with Crippen LogP contribution in [0.1, 0.15) is 74.1 Å². The first kappa shape index (κ1) is 34.1. The number of ether oxygens (including phenoxy) is 2. The number of hydrogen-bond acceptors (Lipinski definition) is 8. The van der Waals surface area contributed by atoms with Crippen LogP contribution in [-0.2, 0) is 28.7 Å². The first-order chi connectivity index (χ1) is 19.9. The van der Waals surface area contributed by atoms with E-state index in [4.69, 9.17) is 10.5 Å². The number of carbonyl (C=O) groups excluding carboxylic acids is 6. The van der Waals surface area contributed by atoms with Crippen LogP contribution < -0.4 is 21.7 Å². The van der Waals surface area contributed by atoms with E-state index in [0.717, 1.165) is 19.3 Å². The number of carbonyl (C=O) groups is 6. The van der Waals surface area contributed by atoms with E-state index >= 15 is 0 Å². The van der Waals surface area contributed by atoms with Gasteiger partial charge in [-0.1, -0.05) is 67.7 Å². The van der Waals surface area contributed by atoms with Crippen molar-refractivity contribution in [2.75, 3.05) is 20.3 Å². The van der Waals surface area contributed by atoms with Gasteiger partial charge in [-0.15, -0.1) is 0 Å². The van der Waals surface area contributed by atoms with Gasteiger partial charge >= 0.3 is 12.2 Å². The highest BCUT2D eigenvalue weighted by atomic mass is 16.7. The minimum atomic E-state index is -1.10. The molecule has 5 N–H and O–H groups in total. The van der Waals surface area contributed by atoms with Gasteiger partial charge in [-0.25, -0.2) is 9.59 Å². The van der Waals surface area contributed by atoms with Crippen molar-refractivity contribution in [2.24, 2.45) is 40.2 Å². The summed E-state index contributed by atoms with van der Waals surface area (Å²) in [6.45, 7) is 13.4. The highest BCUT2D eigenvalue weighted by Gasteiger charge is 2.70. The lowest BCUT2D eigenvalue weighted by Gasteiger charge is -2.38. The number of fused-ring (bicyclic) bond motifs is 1. The second kappa shape index (κ2) is 13.1. The van der Waals surface area contributed by atoms with Gasteiger partial charge in [-0.05, 0) is 40.9 Å². The zero-order valence-corrected chi connectivity index (χ0v) is 26.7. The summed E-state index contributed by atoms with van der Waals surface area (Å²) in [4.78, 5) is 78.4. The summed E-state index contributed by atoms with van der Waals surface area (Å²) in [5, 5.41) is 8.33. The molecule has 3 rings (SSSR count). The topological polar surface area (TPSA) is 186 Å². The molecule has 0 aromatic rings. The van der Waals surface area contributed by atoms with E-state index in [1.165, 1.54) is 12.0 Å². The van der Waals surface area contributed by atoms with Gasteiger partial charge in [0.15, 0.2) is 0 Å². The Balaban J connectivity index is 1.79. The van der Waals surface area contributed by atoms with E-state index in [0.29, 0.717) is 13.0 Å². The lowest BCUT2D eigenvalue weighted by Crippen LogP contribution is -2.62. The molecule has 13 heteroatoms. The number of piperidine rings is 1. The monoisotopic (exact) mass is 607 g/mol. The van der Waals surface area contributed by atoms with Gasteiger partial charge in [0.25, 0.3) is 5.91 Å². The molecule has 0 bridgehead atoms. The maximum absolute atomic E-state index is 14.1. The number of nitrogens with one attached hydrogen (secondary N) is 3. The van der Waals surface area contributed by atoms with E-state index in [-0.39, 0.29) is 35.7 Å². The quantitative estimate of drug-likeness (QED) is 0.191. The van der Waals surface area contributed by atoms with Crippen molar-refractivity contribution in [1.82, 2.24) is 20.9 Å². The first-order valence-electron chi connectivity index (χ1n) is 15.1. The van der Waals surface area contributed by atoms with Crippen LogP contribution in [0.4, 0.5) is 9.59 Å². The fraction of sp³-hybridized carbons (Fsp3) is 0.800. The van der Waals surface area contributed by atoms with E-state index in [1.54, 1.807) is 0 Å². The van der Waals surface area contributed by atoms with Crippen LogP contribution >= 0.6 is 0 Å². The molecule has 2 saturated carbocycles. The average molecular weight is 608 g/mol. The molecule has 4 unspecified atom stereocenters. The average Bonchev–Trinajstić information content (AvgIpc) is 3.21. The molecule has 0 aromatic carbocycles. The van der Waals surface area contributed by atoms with Crippen molar-refractivity contribution in [2.45, 2.75) is 98.3 Å². The van der Waals surface area contributed by atoms with Crippen molar-refractivity contribution in [3.63, 3.8) is 0 Å². The molecular weight excluding hydrogens is 558 g/mol. The van der Waals surface area contributed by atoms with Crippen molar-refractivity contribution in [3.05, 3.63) is 0 Å². The summed E-state index contributed by atoms with van der Waals surface area (Å²) in [6, 6.07) is -4.10. The van der Waals surface area contributed by atoms with Gasteiger partial charge in [0.05, 0.1) is 19.2 Å². The van der Waals surface area contributed by atoms with Gasteiger partial charge in [0.2, 0.25) is 17.6 Å². The molecule has 13 nitrogen and oxygen atoms in total. The standard InChI is InChI=1S/C30H49N5O8/c1-15(2)19(14-43-28(41)42-8)33-27(40)34-23(29(3,4)5)26(39)35-13-17-20(30(17,6)7)21(35)25(38)32-18(22(36)24(31)37)12-16-10-9-11-16/h15-21,23H,9-14H2,1-8H3,(H2,31,37)(H,32,38)(H2,33,34,40)/t17?,18?,19-,20+,21?,23?/m1/s1. The second-order valence-corrected chi connectivity index (χ2v) is 14.2. The molecule has 0 aromatic heterocycles. The molecular formula is C30H49N5O8. The number of rotatable bonds is 12. The smallest absolute Gasteiger partial charge is 0.438 e. The van der Waals surface area contributed by atoms with Crippen LogP contribution in [0.2, 0.25) is 0 Å². The molecule has 1 aliphatic heterocycles. The largest absolute Gasteiger partial charge is 0.508 e. The zero-order valence-electron chi connectivity index (χ0n) is 26.7. The number of nitrogens with two attached hydrogens (primary N) is 1. The van der Waals surface area contributed by atoms with E-state index in [2.05, 4.69) is 20.7 Å². The van der Waals surface area contributed by atoms with Crippen LogP contribution in [0.5, 0.6) is 0 Å². The Bertz CT molecular complexity index is 1110. The Morgan fingerprint density at radius 3 is 2.14 bits per heavy atom. The Morgan fingerprint density at radius 1 is 1.02 bits per heavy atom. The lowest BCUT2D eigenvalue weighted by atomic mass is 9.80. The van der Waals surface area contributed by atoms with E-state index < -0.39 is 65.3 Å². The summed E-state index contributed by atoms with van der Waals surface area (Å²) in [6.07, 6.45) is 2.32. The molecule has 6 atom stereocenters. The SMILES string of the molecule is COC(=O)OC[C@@H](NC(=O)NC(C(=O)N1CC2[C@@H](C1C(=O)NC(CC1CCC1)C(=O)C(N)=O)C2(C)C)C(C)(C)C)C(C)C.